The molecule has 0 fully saturated rings. The minimum absolute atomic E-state index is 0.170. The molecular formula is C20H32O. The molecule has 1 N–H and O–H groups in total. The van der Waals surface area contributed by atoms with E-state index in [9.17, 15) is 5.11 Å². The molecule has 0 bridgehead atoms. The highest BCUT2D eigenvalue weighted by Gasteiger charge is 2.18. The van der Waals surface area contributed by atoms with Crippen LogP contribution in [-0.2, 0) is 0 Å². The van der Waals surface area contributed by atoms with Gasteiger partial charge in [0.2, 0.25) is 0 Å². The van der Waals surface area contributed by atoms with Crippen molar-refractivity contribution < 1.29 is 5.11 Å². The fourth-order valence-corrected chi connectivity index (χ4v) is 2.88. The topological polar surface area (TPSA) is 20.2 Å². The third kappa shape index (κ3) is 6.95. The smallest absolute Gasteiger partial charge is 0.0788 e. The molecule has 118 valence electrons. The third-order valence-corrected chi connectivity index (χ3v) is 4.41. The zero-order valence-corrected chi connectivity index (χ0v) is 14.3. The molecular weight excluding hydrogens is 256 g/mol. The maximum absolute atomic E-state index is 10.5. The molecule has 2 atom stereocenters. The van der Waals surface area contributed by atoms with Gasteiger partial charge in [0.1, 0.15) is 0 Å². The van der Waals surface area contributed by atoms with Crippen molar-refractivity contribution in [1.82, 2.24) is 0 Å². The Morgan fingerprint density at radius 1 is 1.00 bits per heavy atom. The van der Waals surface area contributed by atoms with Gasteiger partial charge in [0, 0.05) is 5.92 Å². The van der Waals surface area contributed by atoms with Gasteiger partial charge in [0.05, 0.1) is 6.10 Å². The zero-order chi connectivity index (χ0) is 15.8. The molecule has 0 amide bonds. The van der Waals surface area contributed by atoms with Crippen LogP contribution >= 0.6 is 0 Å². The van der Waals surface area contributed by atoms with Crippen LogP contribution in [0.25, 0.3) is 0 Å². The average molecular weight is 288 g/mol. The van der Waals surface area contributed by atoms with Crippen molar-refractivity contribution in [1.29, 1.82) is 0 Å². The zero-order valence-electron chi connectivity index (χ0n) is 14.3. The van der Waals surface area contributed by atoms with Gasteiger partial charge in [-0.25, -0.2) is 0 Å². The van der Waals surface area contributed by atoms with E-state index in [-0.39, 0.29) is 5.92 Å². The molecule has 1 nitrogen and oxygen atoms in total. The number of aliphatic hydroxyl groups excluding tert-OH is 1. The van der Waals surface area contributed by atoms with Crippen molar-refractivity contribution in [2.75, 3.05) is 0 Å². The fraction of sp³-hybridized carbons (Fsp3) is 0.600. The first kappa shape index (κ1) is 18.0. The van der Waals surface area contributed by atoms with Gasteiger partial charge < -0.3 is 5.11 Å². The van der Waals surface area contributed by atoms with E-state index in [4.69, 9.17) is 0 Å². The minimum atomic E-state index is -0.400. The van der Waals surface area contributed by atoms with Crippen LogP contribution in [0.2, 0.25) is 0 Å². The van der Waals surface area contributed by atoms with Crippen LogP contribution < -0.4 is 0 Å². The molecule has 0 aromatic heterocycles. The SMILES string of the molecule is C=C(C)[C@H]1CC/C(C)=C\CC/C(C)=C/CC/C(C)=C/[C@H]1O. The Labute approximate surface area is 131 Å². The normalized spacial score (nSPS) is 33.7. The molecule has 0 unspecified atom stereocenters. The maximum atomic E-state index is 10.5. The van der Waals surface area contributed by atoms with Gasteiger partial charge in [-0.1, -0.05) is 47.1 Å². The van der Waals surface area contributed by atoms with E-state index >= 15 is 0 Å². The van der Waals surface area contributed by atoms with Gasteiger partial charge >= 0.3 is 0 Å². The number of rotatable bonds is 1. The van der Waals surface area contributed by atoms with E-state index < -0.39 is 6.10 Å². The first-order valence-electron chi connectivity index (χ1n) is 8.22. The predicted molar refractivity (Wildman–Crippen MR) is 93.3 cm³/mol. The molecule has 0 aromatic carbocycles. The van der Waals surface area contributed by atoms with Crippen LogP contribution in [0, 0.1) is 5.92 Å². The van der Waals surface area contributed by atoms with Crippen LogP contribution in [-0.4, -0.2) is 11.2 Å². The summed E-state index contributed by atoms with van der Waals surface area (Å²) in [6, 6.07) is 0. The Balaban J connectivity index is 2.90. The monoisotopic (exact) mass is 288 g/mol. The summed E-state index contributed by atoms with van der Waals surface area (Å²) in [5, 5.41) is 10.5. The number of hydrogen-bond donors (Lipinski definition) is 1. The molecule has 1 rings (SSSR count). The summed E-state index contributed by atoms with van der Waals surface area (Å²) in [6.45, 7) is 12.7. The third-order valence-electron chi connectivity index (χ3n) is 4.41. The molecule has 1 aliphatic carbocycles. The molecule has 0 aromatic rings. The van der Waals surface area contributed by atoms with E-state index in [1.807, 2.05) is 13.0 Å². The van der Waals surface area contributed by atoms with Gasteiger partial charge in [0.15, 0.2) is 0 Å². The van der Waals surface area contributed by atoms with Crippen molar-refractivity contribution >= 4 is 0 Å². The Morgan fingerprint density at radius 3 is 2.10 bits per heavy atom. The molecule has 0 heterocycles. The molecule has 0 saturated heterocycles. The summed E-state index contributed by atoms with van der Waals surface area (Å²) in [4.78, 5) is 0. The second-order valence-corrected chi connectivity index (χ2v) is 6.67. The van der Waals surface area contributed by atoms with Gasteiger partial charge in [-0.3, -0.25) is 0 Å². The van der Waals surface area contributed by atoms with Gasteiger partial charge in [0.25, 0.3) is 0 Å². The van der Waals surface area contributed by atoms with Crippen LogP contribution in [0.15, 0.2) is 47.1 Å². The summed E-state index contributed by atoms with van der Waals surface area (Å²) in [5.74, 6) is 0.170. The summed E-state index contributed by atoms with van der Waals surface area (Å²) < 4.78 is 0. The van der Waals surface area contributed by atoms with Crippen LogP contribution in [0.1, 0.15) is 66.2 Å². The molecule has 0 saturated carbocycles. The lowest BCUT2D eigenvalue weighted by Crippen LogP contribution is -2.19. The lowest BCUT2D eigenvalue weighted by molar-refractivity contribution is 0.165. The lowest BCUT2D eigenvalue weighted by atomic mass is 9.87. The largest absolute Gasteiger partial charge is 0.388 e. The van der Waals surface area contributed by atoms with Crippen molar-refractivity contribution in [2.45, 2.75) is 72.3 Å². The van der Waals surface area contributed by atoms with Gasteiger partial charge in [-0.2, -0.15) is 0 Å². The van der Waals surface area contributed by atoms with E-state index in [1.54, 1.807) is 0 Å². The van der Waals surface area contributed by atoms with Crippen molar-refractivity contribution in [3.63, 3.8) is 0 Å². The molecule has 21 heavy (non-hydrogen) atoms. The van der Waals surface area contributed by atoms with Crippen LogP contribution in [0.3, 0.4) is 0 Å². The second kappa shape index (κ2) is 9.04. The highest BCUT2D eigenvalue weighted by atomic mass is 16.3. The van der Waals surface area contributed by atoms with Crippen molar-refractivity contribution in [3.8, 4) is 0 Å². The number of hydrogen-bond acceptors (Lipinski definition) is 1. The highest BCUT2D eigenvalue weighted by Crippen LogP contribution is 2.25. The summed E-state index contributed by atoms with van der Waals surface area (Å²) in [7, 11) is 0. The molecule has 1 heteroatoms. The predicted octanol–water partition coefficient (Wildman–Crippen LogP) is 5.73. The molecule has 0 spiro atoms. The Kier molecular flexibility index (Phi) is 7.74. The molecule has 0 radical (unpaired) electrons. The van der Waals surface area contributed by atoms with E-state index in [1.165, 1.54) is 16.7 Å². The van der Waals surface area contributed by atoms with Gasteiger partial charge in [-0.15, -0.1) is 0 Å². The quantitative estimate of drug-likeness (QED) is 0.611. The number of aliphatic hydroxyl groups is 1. The first-order valence-corrected chi connectivity index (χ1v) is 8.22. The summed E-state index contributed by atoms with van der Waals surface area (Å²) in [5.41, 5.74) is 5.27. The number of allylic oxidation sites excluding steroid dienone is 5. The summed E-state index contributed by atoms with van der Waals surface area (Å²) in [6.07, 6.45) is 12.8. The molecule has 0 aliphatic heterocycles. The highest BCUT2D eigenvalue weighted by molar-refractivity contribution is 5.13. The average Bonchev–Trinajstić information content (AvgIpc) is 2.37. The Morgan fingerprint density at radius 2 is 1.52 bits per heavy atom. The Bertz CT molecular complexity index is 437. The first-order chi connectivity index (χ1) is 9.90. The van der Waals surface area contributed by atoms with E-state index in [0.29, 0.717) is 0 Å². The maximum Gasteiger partial charge on any atom is 0.0788 e. The lowest BCUT2D eigenvalue weighted by Gasteiger charge is -2.22. The van der Waals surface area contributed by atoms with Crippen molar-refractivity contribution in [2.24, 2.45) is 5.92 Å². The standard InChI is InChI=1S/C20H32O/c1-15(2)19-13-12-17(4)10-6-8-16(3)9-7-11-18(5)14-20(19)21/h9-10,14,19-21H,1,6-8,11-13H2,2-5H3/b16-9+,17-10-,18-14+/t19-,20-/m1/s1. The van der Waals surface area contributed by atoms with Crippen LogP contribution in [0.4, 0.5) is 0 Å². The summed E-state index contributed by atoms with van der Waals surface area (Å²) >= 11 is 0. The fourth-order valence-electron chi connectivity index (χ4n) is 2.88. The van der Waals surface area contributed by atoms with Gasteiger partial charge in [-0.05, 0) is 66.2 Å². The van der Waals surface area contributed by atoms with E-state index in [2.05, 4.69) is 39.5 Å². The minimum Gasteiger partial charge on any atom is -0.388 e. The van der Waals surface area contributed by atoms with E-state index in [0.717, 1.165) is 44.1 Å². The second-order valence-electron chi connectivity index (χ2n) is 6.67. The molecule has 1 aliphatic rings. The van der Waals surface area contributed by atoms with Crippen LogP contribution in [0.5, 0.6) is 0 Å². The Hall–Kier alpha value is -1.08. The van der Waals surface area contributed by atoms with Crippen molar-refractivity contribution in [3.05, 3.63) is 47.1 Å².